The van der Waals surface area contributed by atoms with Gasteiger partial charge < -0.3 is 24.8 Å². The zero-order valence-corrected chi connectivity index (χ0v) is 21.2. The van der Waals surface area contributed by atoms with Crippen LogP contribution in [-0.2, 0) is 30.4 Å². The second-order valence-corrected chi connectivity index (χ2v) is 8.87. The molecule has 2 heterocycles. The lowest BCUT2D eigenvalue weighted by Crippen LogP contribution is -2.30. The van der Waals surface area contributed by atoms with E-state index in [0.717, 1.165) is 5.56 Å². The third-order valence-corrected chi connectivity index (χ3v) is 6.06. The monoisotopic (exact) mass is 511 g/mol. The van der Waals surface area contributed by atoms with Crippen molar-refractivity contribution in [1.82, 2.24) is 15.2 Å². The number of ether oxygens (including phenoxy) is 2. The molecule has 2 aromatic rings. The Morgan fingerprint density at radius 3 is 2.73 bits per heavy atom. The highest BCUT2D eigenvalue weighted by atomic mass is 19.1. The molecule has 0 aliphatic carbocycles. The molecule has 0 radical (unpaired) electrons. The van der Waals surface area contributed by atoms with Crippen molar-refractivity contribution in [1.29, 1.82) is 0 Å². The van der Waals surface area contributed by atoms with E-state index < -0.39 is 11.4 Å². The molecular formula is C27H30FN3O6. The number of halogens is 1. The van der Waals surface area contributed by atoms with Crippen molar-refractivity contribution in [2.75, 3.05) is 27.1 Å². The van der Waals surface area contributed by atoms with E-state index >= 15 is 0 Å². The van der Waals surface area contributed by atoms with Gasteiger partial charge in [-0.15, -0.1) is 0 Å². The second-order valence-electron chi connectivity index (χ2n) is 8.87. The Kier molecular flexibility index (Phi) is 9.04. The Morgan fingerprint density at radius 1 is 1.32 bits per heavy atom. The number of hydrogen-bond donors (Lipinski definition) is 2. The van der Waals surface area contributed by atoms with Gasteiger partial charge in [0.05, 0.1) is 36.7 Å². The van der Waals surface area contributed by atoms with Gasteiger partial charge in [0, 0.05) is 24.1 Å². The summed E-state index contributed by atoms with van der Waals surface area (Å²) >= 11 is 0. The molecule has 0 unspecified atom stereocenters. The highest BCUT2D eigenvalue weighted by Crippen LogP contribution is 2.39. The van der Waals surface area contributed by atoms with Gasteiger partial charge in [-0.2, -0.15) is 0 Å². The van der Waals surface area contributed by atoms with Gasteiger partial charge in [0.1, 0.15) is 18.1 Å². The number of aldehydes is 1. The van der Waals surface area contributed by atoms with Crippen LogP contribution >= 0.6 is 0 Å². The maximum Gasteiger partial charge on any atom is 0.214 e. The van der Waals surface area contributed by atoms with Crippen LogP contribution < -0.4 is 5.32 Å². The van der Waals surface area contributed by atoms with Crippen LogP contribution in [0.5, 0.6) is 0 Å². The van der Waals surface area contributed by atoms with Crippen molar-refractivity contribution in [3.8, 4) is 0 Å². The fraction of sp³-hybridized carbons (Fsp3) is 0.333. The van der Waals surface area contributed by atoms with Crippen molar-refractivity contribution in [2.24, 2.45) is 0 Å². The number of methoxy groups -OCH3 is 1. The molecule has 1 atom stereocenters. The normalized spacial score (nSPS) is 16.6. The van der Waals surface area contributed by atoms with Gasteiger partial charge in [0.2, 0.25) is 12.8 Å². The molecule has 0 saturated heterocycles. The fourth-order valence-electron chi connectivity index (χ4n) is 4.24. The molecule has 1 aliphatic rings. The number of aliphatic hydroxyl groups is 1. The lowest BCUT2D eigenvalue weighted by molar-refractivity contribution is -0.119. The molecule has 10 heteroatoms. The topological polar surface area (TPSA) is 118 Å². The Balaban J connectivity index is 2.25. The zero-order valence-electron chi connectivity index (χ0n) is 21.2. The van der Waals surface area contributed by atoms with E-state index in [9.17, 15) is 23.9 Å². The molecule has 37 heavy (non-hydrogen) atoms. The molecule has 0 spiro atoms. The maximum absolute atomic E-state index is 14.5. The van der Waals surface area contributed by atoms with Crippen molar-refractivity contribution >= 4 is 41.8 Å². The number of nitrogens with zero attached hydrogens (tertiary/aromatic N) is 2. The number of pyridine rings is 1. The molecule has 0 fully saturated rings. The molecular weight excluding hydrogens is 481 g/mol. The van der Waals surface area contributed by atoms with Crippen LogP contribution in [0.25, 0.3) is 22.7 Å². The van der Waals surface area contributed by atoms with Crippen LogP contribution in [0.2, 0.25) is 0 Å². The Morgan fingerprint density at radius 2 is 2.08 bits per heavy atom. The van der Waals surface area contributed by atoms with Crippen LogP contribution in [0.3, 0.4) is 0 Å². The number of carbonyl (C=O) groups excluding carboxylic acids is 3. The highest BCUT2D eigenvalue weighted by molar-refractivity contribution is 5.95. The number of rotatable bonds is 12. The molecule has 196 valence electrons. The van der Waals surface area contributed by atoms with Crippen molar-refractivity contribution in [3.63, 3.8) is 0 Å². The van der Waals surface area contributed by atoms with E-state index in [1.165, 1.54) is 25.0 Å². The minimum absolute atomic E-state index is 0.0474. The van der Waals surface area contributed by atoms with E-state index in [0.29, 0.717) is 58.1 Å². The number of aromatic nitrogens is 1. The summed E-state index contributed by atoms with van der Waals surface area (Å²) in [5.41, 5.74) is 2.07. The smallest absolute Gasteiger partial charge is 0.214 e. The van der Waals surface area contributed by atoms with Gasteiger partial charge in [-0.1, -0.05) is 12.2 Å². The predicted octanol–water partition coefficient (Wildman–Crippen LogP) is 2.64. The summed E-state index contributed by atoms with van der Waals surface area (Å²) in [4.78, 5) is 40.3. The molecule has 1 aliphatic heterocycles. The largest absolute Gasteiger partial charge is 0.380 e. The first kappa shape index (κ1) is 27.9. The average molecular weight is 512 g/mol. The minimum atomic E-state index is -1.84. The van der Waals surface area contributed by atoms with Gasteiger partial charge in [-0.25, -0.2) is 9.37 Å². The van der Waals surface area contributed by atoms with Gasteiger partial charge in [-0.3, -0.25) is 14.4 Å². The highest BCUT2D eigenvalue weighted by Gasteiger charge is 2.32. The molecule has 2 amide bonds. The van der Waals surface area contributed by atoms with E-state index in [2.05, 4.69) is 10.3 Å². The number of carbonyl (C=O) groups is 3. The number of benzene rings is 1. The first-order chi connectivity index (χ1) is 17.7. The Labute approximate surface area is 214 Å². The van der Waals surface area contributed by atoms with Crippen LogP contribution in [-0.4, -0.2) is 66.8 Å². The Hall–Kier alpha value is -3.73. The molecule has 0 saturated carbocycles. The molecule has 9 nitrogen and oxygen atoms in total. The third-order valence-electron chi connectivity index (χ3n) is 6.06. The lowest BCUT2D eigenvalue weighted by Gasteiger charge is -2.22. The number of amides is 2. The number of nitrogens with one attached hydrogen (secondary N) is 1. The van der Waals surface area contributed by atoms with Gasteiger partial charge in [0.25, 0.3) is 0 Å². The van der Waals surface area contributed by atoms with E-state index in [-0.39, 0.29) is 32.1 Å². The molecule has 2 N–H and O–H groups in total. The van der Waals surface area contributed by atoms with Crippen molar-refractivity contribution < 1.29 is 33.4 Å². The quantitative estimate of drug-likeness (QED) is 0.256. The number of hydrogen-bond acceptors (Lipinski definition) is 7. The summed E-state index contributed by atoms with van der Waals surface area (Å²) in [6.07, 6.45) is 6.70. The Bertz CT molecular complexity index is 1300. The standard InChI is InChI=1S/C27H30FN3O6/c1-17-8-20-19(6-5-7-37-15-29-14-33)21-11-31(16-34)25(26(21)30-24(20)10-23(17)28)9-22(18(2)12-36-4)27(3,35)13-32/h5-6,8-10,13-14,16,35H,7,11-12,15H2,1-4H3,(H,29,33)/b6-5+,22-18-,25-9-/t27-/m1/s1. The first-order valence-corrected chi connectivity index (χ1v) is 11.5. The van der Waals surface area contributed by atoms with Gasteiger partial charge in [0.15, 0.2) is 6.29 Å². The van der Waals surface area contributed by atoms with E-state index in [1.807, 2.05) is 6.08 Å². The summed E-state index contributed by atoms with van der Waals surface area (Å²) in [6.45, 7) is 5.30. The lowest BCUT2D eigenvalue weighted by atomic mass is 9.91. The summed E-state index contributed by atoms with van der Waals surface area (Å²) in [7, 11) is 1.49. The van der Waals surface area contributed by atoms with Crippen LogP contribution in [0.15, 0.2) is 35.4 Å². The molecule has 0 bridgehead atoms. The van der Waals surface area contributed by atoms with Gasteiger partial charge in [-0.05, 0) is 55.2 Å². The number of aryl methyl sites for hydroxylation is 1. The first-order valence-electron chi connectivity index (χ1n) is 11.5. The number of fused-ring (bicyclic) bond motifs is 2. The van der Waals surface area contributed by atoms with Gasteiger partial charge >= 0.3 is 0 Å². The third kappa shape index (κ3) is 5.99. The average Bonchev–Trinajstić information content (AvgIpc) is 3.22. The van der Waals surface area contributed by atoms with Crippen LogP contribution in [0.4, 0.5) is 4.39 Å². The van der Waals surface area contributed by atoms with E-state index in [4.69, 9.17) is 9.47 Å². The molecule has 1 aromatic heterocycles. The SMILES string of the molecule is COC/C(C)=C(/C=C1/c2nc3cc(F)c(C)cc3c(/C=C/COCNC=O)c2CN1C=O)[C@](C)(O)C=O. The summed E-state index contributed by atoms with van der Waals surface area (Å²) in [6, 6.07) is 3.03. The predicted molar refractivity (Wildman–Crippen MR) is 136 cm³/mol. The molecule has 3 rings (SSSR count). The summed E-state index contributed by atoms with van der Waals surface area (Å²) < 4.78 is 25.0. The summed E-state index contributed by atoms with van der Waals surface area (Å²) in [5.74, 6) is -0.422. The maximum atomic E-state index is 14.5. The van der Waals surface area contributed by atoms with Crippen LogP contribution in [0.1, 0.15) is 36.2 Å². The van der Waals surface area contributed by atoms with Crippen molar-refractivity contribution in [3.05, 3.63) is 63.6 Å². The minimum Gasteiger partial charge on any atom is -0.380 e. The second kappa shape index (κ2) is 12.0. The molecule has 1 aromatic carbocycles. The van der Waals surface area contributed by atoms with Crippen LogP contribution in [0, 0.1) is 12.7 Å². The van der Waals surface area contributed by atoms with Crippen molar-refractivity contribution in [2.45, 2.75) is 32.9 Å². The summed E-state index contributed by atoms with van der Waals surface area (Å²) in [5, 5.41) is 13.9. The zero-order chi connectivity index (χ0) is 27.2. The van der Waals surface area contributed by atoms with E-state index in [1.54, 1.807) is 32.1 Å². The fourth-order valence-corrected chi connectivity index (χ4v) is 4.24.